The van der Waals surface area contributed by atoms with E-state index >= 15 is 0 Å². The van der Waals surface area contributed by atoms with E-state index in [1.807, 2.05) is 0 Å². The van der Waals surface area contributed by atoms with Crippen molar-refractivity contribution in [3.63, 3.8) is 0 Å². The van der Waals surface area contributed by atoms with Crippen molar-refractivity contribution in [1.29, 1.82) is 0 Å². The normalized spacial score (nSPS) is 22.3. The van der Waals surface area contributed by atoms with E-state index in [9.17, 15) is 13.2 Å². The lowest BCUT2D eigenvalue weighted by atomic mass is 9.89. The number of halogens is 3. The molecule has 0 saturated carbocycles. The number of unbranched alkanes of at least 4 members (excludes halogenated alkanes) is 1. The molecule has 1 aromatic rings. The SMILES string of the molecule is C=CCCCC1(c2ccc(C)cc2C(F)(F)F)CO1. The summed E-state index contributed by atoms with van der Waals surface area (Å²) >= 11 is 0. The minimum absolute atomic E-state index is 0.273. The van der Waals surface area contributed by atoms with Crippen molar-refractivity contribution in [2.45, 2.75) is 38.0 Å². The third kappa shape index (κ3) is 3.00. The predicted octanol–water partition coefficient (Wildman–Crippen LogP) is 4.60. The van der Waals surface area contributed by atoms with Gasteiger partial charge in [0.2, 0.25) is 0 Å². The maximum Gasteiger partial charge on any atom is 0.416 e. The van der Waals surface area contributed by atoms with Crippen molar-refractivity contribution >= 4 is 0 Å². The van der Waals surface area contributed by atoms with Crippen LogP contribution in [0.15, 0.2) is 30.9 Å². The van der Waals surface area contributed by atoms with E-state index in [0.717, 1.165) is 12.8 Å². The maximum atomic E-state index is 13.1. The Morgan fingerprint density at radius 3 is 2.63 bits per heavy atom. The second kappa shape index (κ2) is 5.00. The first-order valence-corrected chi connectivity index (χ1v) is 6.32. The van der Waals surface area contributed by atoms with Crippen LogP contribution < -0.4 is 0 Å². The molecule has 0 aromatic heterocycles. The average Bonchev–Trinajstić information content (AvgIpc) is 3.09. The predicted molar refractivity (Wildman–Crippen MR) is 67.9 cm³/mol. The second-order valence-electron chi connectivity index (χ2n) is 5.01. The molecule has 0 radical (unpaired) electrons. The number of rotatable bonds is 5. The second-order valence-corrected chi connectivity index (χ2v) is 5.01. The van der Waals surface area contributed by atoms with E-state index in [2.05, 4.69) is 6.58 Å². The van der Waals surface area contributed by atoms with Crippen LogP contribution in [0.4, 0.5) is 13.2 Å². The number of ether oxygens (including phenoxy) is 1. The largest absolute Gasteiger partial charge is 0.416 e. The van der Waals surface area contributed by atoms with Gasteiger partial charge in [-0.2, -0.15) is 13.2 Å². The zero-order valence-corrected chi connectivity index (χ0v) is 10.9. The highest BCUT2D eigenvalue weighted by Gasteiger charge is 2.50. The molecule has 0 amide bonds. The van der Waals surface area contributed by atoms with Gasteiger partial charge in [-0.3, -0.25) is 0 Å². The van der Waals surface area contributed by atoms with Crippen molar-refractivity contribution in [1.82, 2.24) is 0 Å². The van der Waals surface area contributed by atoms with Crippen LogP contribution in [-0.2, 0) is 16.5 Å². The first-order chi connectivity index (χ1) is 8.89. The number of alkyl halides is 3. The van der Waals surface area contributed by atoms with E-state index in [-0.39, 0.29) is 5.56 Å². The van der Waals surface area contributed by atoms with Crippen LogP contribution in [0, 0.1) is 6.92 Å². The minimum atomic E-state index is -4.33. The van der Waals surface area contributed by atoms with Gasteiger partial charge < -0.3 is 4.74 Å². The molecule has 0 aliphatic carbocycles. The molecule has 2 rings (SSSR count). The summed E-state index contributed by atoms with van der Waals surface area (Å²) in [5.41, 5.74) is -0.419. The zero-order chi connectivity index (χ0) is 14.1. The number of hydrogen-bond acceptors (Lipinski definition) is 1. The Kier molecular flexibility index (Phi) is 3.72. The third-order valence-electron chi connectivity index (χ3n) is 3.45. The number of benzene rings is 1. The number of hydrogen-bond donors (Lipinski definition) is 0. The van der Waals surface area contributed by atoms with Crippen molar-refractivity contribution < 1.29 is 17.9 Å². The van der Waals surface area contributed by atoms with E-state index in [0.29, 0.717) is 18.6 Å². The van der Waals surface area contributed by atoms with E-state index < -0.39 is 17.3 Å². The van der Waals surface area contributed by atoms with Crippen LogP contribution in [0.1, 0.15) is 36.0 Å². The molecular formula is C15H17F3O. The molecule has 1 nitrogen and oxygen atoms in total. The van der Waals surface area contributed by atoms with E-state index in [4.69, 9.17) is 4.74 Å². The van der Waals surface area contributed by atoms with Gasteiger partial charge in [0, 0.05) is 0 Å². The Balaban J connectivity index is 2.31. The van der Waals surface area contributed by atoms with E-state index in [1.165, 1.54) is 6.07 Å². The molecular weight excluding hydrogens is 253 g/mol. The molecule has 0 N–H and O–H groups in total. The van der Waals surface area contributed by atoms with Gasteiger partial charge in [-0.1, -0.05) is 23.8 Å². The van der Waals surface area contributed by atoms with Crippen molar-refractivity contribution in [2.24, 2.45) is 0 Å². The summed E-state index contributed by atoms with van der Waals surface area (Å²) in [6, 6.07) is 4.47. The van der Waals surface area contributed by atoms with Gasteiger partial charge in [-0.05, 0) is 37.8 Å². The summed E-state index contributed by atoms with van der Waals surface area (Å²) in [5.74, 6) is 0. The lowest BCUT2D eigenvalue weighted by molar-refractivity contribution is -0.138. The molecule has 1 unspecified atom stereocenters. The van der Waals surface area contributed by atoms with Crippen LogP contribution in [-0.4, -0.2) is 6.61 Å². The highest BCUT2D eigenvalue weighted by Crippen LogP contribution is 2.48. The van der Waals surface area contributed by atoms with E-state index in [1.54, 1.807) is 25.1 Å². The lowest BCUT2D eigenvalue weighted by Crippen LogP contribution is -2.18. The van der Waals surface area contributed by atoms with Gasteiger partial charge in [-0.25, -0.2) is 0 Å². The molecule has 1 fully saturated rings. The topological polar surface area (TPSA) is 12.5 Å². The van der Waals surface area contributed by atoms with Crippen LogP contribution in [0.5, 0.6) is 0 Å². The molecule has 1 aliphatic rings. The molecule has 4 heteroatoms. The van der Waals surface area contributed by atoms with Gasteiger partial charge in [0.25, 0.3) is 0 Å². The average molecular weight is 270 g/mol. The van der Waals surface area contributed by atoms with Gasteiger partial charge in [-0.15, -0.1) is 6.58 Å². The fourth-order valence-electron chi connectivity index (χ4n) is 2.34. The van der Waals surface area contributed by atoms with Gasteiger partial charge in [0.1, 0.15) is 5.60 Å². The standard InChI is InChI=1S/C15H17F3O/c1-3-4-5-8-14(10-19-14)12-7-6-11(2)9-13(12)15(16,17)18/h3,6-7,9H,1,4-5,8,10H2,2H3. The summed E-state index contributed by atoms with van der Waals surface area (Å²) < 4.78 is 44.7. The van der Waals surface area contributed by atoms with Gasteiger partial charge in [0.15, 0.2) is 0 Å². The monoisotopic (exact) mass is 270 g/mol. The third-order valence-corrected chi connectivity index (χ3v) is 3.45. The quantitative estimate of drug-likeness (QED) is 0.433. The lowest BCUT2D eigenvalue weighted by Gasteiger charge is -2.19. The fourth-order valence-corrected chi connectivity index (χ4v) is 2.34. The Labute approximate surface area is 111 Å². The van der Waals surface area contributed by atoms with Gasteiger partial charge in [0.05, 0.1) is 12.2 Å². The minimum Gasteiger partial charge on any atom is -0.364 e. The Hall–Kier alpha value is -1.29. The first-order valence-electron chi connectivity index (χ1n) is 6.32. The highest BCUT2D eigenvalue weighted by molar-refractivity contribution is 5.40. The highest BCUT2D eigenvalue weighted by atomic mass is 19.4. The van der Waals surface area contributed by atoms with Gasteiger partial charge >= 0.3 is 6.18 Å². The fraction of sp³-hybridized carbons (Fsp3) is 0.467. The molecule has 104 valence electrons. The smallest absolute Gasteiger partial charge is 0.364 e. The van der Waals surface area contributed by atoms with Crippen LogP contribution in [0.2, 0.25) is 0 Å². The van der Waals surface area contributed by atoms with Crippen LogP contribution in [0.3, 0.4) is 0 Å². The molecule has 0 spiro atoms. The summed E-state index contributed by atoms with van der Waals surface area (Å²) in [5, 5.41) is 0. The number of epoxide rings is 1. The summed E-state index contributed by atoms with van der Waals surface area (Å²) in [7, 11) is 0. The molecule has 1 aromatic carbocycles. The molecule has 1 heterocycles. The Bertz CT molecular complexity index is 473. The molecule has 1 aliphatic heterocycles. The molecule has 19 heavy (non-hydrogen) atoms. The van der Waals surface area contributed by atoms with Crippen molar-refractivity contribution in [3.05, 3.63) is 47.5 Å². The molecule has 0 bridgehead atoms. The number of allylic oxidation sites excluding steroid dienone is 1. The van der Waals surface area contributed by atoms with Crippen molar-refractivity contribution in [3.8, 4) is 0 Å². The molecule has 1 atom stereocenters. The zero-order valence-electron chi connectivity index (χ0n) is 10.9. The van der Waals surface area contributed by atoms with Crippen molar-refractivity contribution in [2.75, 3.05) is 6.61 Å². The summed E-state index contributed by atoms with van der Waals surface area (Å²) in [6.07, 6.45) is -0.382. The molecule has 1 saturated heterocycles. The summed E-state index contributed by atoms with van der Waals surface area (Å²) in [6.45, 7) is 5.66. The number of aryl methyl sites for hydroxylation is 1. The first kappa shape index (κ1) is 14.1. The maximum absolute atomic E-state index is 13.1. The Morgan fingerprint density at radius 1 is 1.42 bits per heavy atom. The van der Waals surface area contributed by atoms with Crippen LogP contribution >= 0.6 is 0 Å². The van der Waals surface area contributed by atoms with Crippen LogP contribution in [0.25, 0.3) is 0 Å². The Morgan fingerprint density at radius 2 is 2.11 bits per heavy atom. The summed E-state index contributed by atoms with van der Waals surface area (Å²) in [4.78, 5) is 0.